The van der Waals surface area contributed by atoms with E-state index in [1.807, 2.05) is 44.2 Å². The van der Waals surface area contributed by atoms with Gasteiger partial charge in [-0.05, 0) is 48.6 Å². The minimum atomic E-state index is -3.66. The van der Waals surface area contributed by atoms with Gasteiger partial charge in [0.15, 0.2) is 0 Å². The molecule has 0 atom stereocenters. The number of thiophene rings is 1. The molecule has 0 radical (unpaired) electrons. The summed E-state index contributed by atoms with van der Waals surface area (Å²) in [7, 11) is -3.66. The number of rotatable bonds is 4. The molecule has 0 aliphatic carbocycles. The molecule has 1 aliphatic heterocycles. The van der Waals surface area contributed by atoms with Gasteiger partial charge in [-0.1, -0.05) is 29.8 Å². The van der Waals surface area contributed by atoms with E-state index in [1.165, 1.54) is 11.3 Å². The van der Waals surface area contributed by atoms with Crippen molar-refractivity contribution in [2.45, 2.75) is 24.2 Å². The van der Waals surface area contributed by atoms with Gasteiger partial charge in [-0.15, -0.1) is 11.3 Å². The Balaban J connectivity index is 1.67. The average molecular weight is 390 g/mol. The first-order valence-corrected chi connectivity index (χ1v) is 10.4. The molecule has 5 N–H and O–H groups in total. The number of hydrogen-bond donors (Lipinski definition) is 5. The maximum Gasteiger partial charge on any atom is 0.271 e. The van der Waals surface area contributed by atoms with Gasteiger partial charge in [0, 0.05) is 10.4 Å². The Kier molecular flexibility index (Phi) is 4.43. The van der Waals surface area contributed by atoms with Crippen LogP contribution >= 0.6 is 11.3 Å². The molecule has 3 aromatic rings. The first kappa shape index (κ1) is 17.4. The molecule has 9 heteroatoms. The number of aryl methyl sites for hydroxylation is 2. The number of anilines is 1. The molecule has 0 spiro atoms. The highest BCUT2D eigenvalue weighted by Gasteiger charge is 2.22. The quantitative estimate of drug-likeness (QED) is 0.471. The molecule has 0 bridgehead atoms. The summed E-state index contributed by atoms with van der Waals surface area (Å²) in [6, 6.07) is 13.3. The standard InChI is InChI=1S/C17H19N5O2S2/c1-10-6-7-15-14(8-10)11(2)17(25-15)26(23,24)20-13-5-3-4-12(9-13)16-18-21-22-19-16/h3-9,16,18-22H,1-2H3. The third-order valence-corrected chi connectivity index (χ3v) is 7.53. The lowest BCUT2D eigenvalue weighted by Gasteiger charge is -2.12. The molecular weight excluding hydrogens is 370 g/mol. The second-order valence-electron chi connectivity index (χ2n) is 6.22. The fourth-order valence-corrected chi connectivity index (χ4v) is 5.77. The minimum absolute atomic E-state index is 0.159. The molecule has 7 nitrogen and oxygen atoms in total. The second kappa shape index (κ2) is 6.62. The van der Waals surface area contributed by atoms with Crippen molar-refractivity contribution in [2.24, 2.45) is 0 Å². The second-order valence-corrected chi connectivity index (χ2v) is 9.15. The molecule has 0 amide bonds. The molecule has 0 saturated carbocycles. The number of nitrogens with one attached hydrogen (secondary N) is 5. The van der Waals surface area contributed by atoms with Gasteiger partial charge in [0.25, 0.3) is 10.0 Å². The molecule has 1 saturated heterocycles. The summed E-state index contributed by atoms with van der Waals surface area (Å²) in [5.74, 6) is 0. The highest BCUT2D eigenvalue weighted by atomic mass is 32.2. The number of fused-ring (bicyclic) bond motifs is 1. The van der Waals surface area contributed by atoms with Crippen molar-refractivity contribution >= 4 is 37.1 Å². The lowest BCUT2D eigenvalue weighted by Crippen LogP contribution is -2.33. The van der Waals surface area contributed by atoms with Crippen LogP contribution in [0.3, 0.4) is 0 Å². The van der Waals surface area contributed by atoms with E-state index in [2.05, 4.69) is 26.6 Å². The predicted octanol–water partition coefficient (Wildman–Crippen LogP) is 2.43. The normalized spacial score (nSPS) is 15.6. The van der Waals surface area contributed by atoms with Gasteiger partial charge >= 0.3 is 0 Å². The molecule has 26 heavy (non-hydrogen) atoms. The van der Waals surface area contributed by atoms with Crippen molar-refractivity contribution in [2.75, 3.05) is 4.72 Å². The third kappa shape index (κ3) is 3.20. The number of hydrogen-bond acceptors (Lipinski definition) is 7. The summed E-state index contributed by atoms with van der Waals surface area (Å²) in [5.41, 5.74) is 14.8. The predicted molar refractivity (Wildman–Crippen MR) is 104 cm³/mol. The molecule has 136 valence electrons. The van der Waals surface area contributed by atoms with E-state index in [-0.39, 0.29) is 6.17 Å². The zero-order valence-electron chi connectivity index (χ0n) is 14.3. The average Bonchev–Trinajstić information content (AvgIpc) is 3.24. The summed E-state index contributed by atoms with van der Waals surface area (Å²) in [6.45, 7) is 3.86. The van der Waals surface area contributed by atoms with E-state index in [4.69, 9.17) is 0 Å². The smallest absolute Gasteiger partial charge is 0.271 e. The Bertz CT molecular complexity index is 1070. The van der Waals surface area contributed by atoms with Gasteiger partial charge in [0.05, 0.1) is 0 Å². The van der Waals surface area contributed by atoms with Crippen molar-refractivity contribution in [3.63, 3.8) is 0 Å². The summed E-state index contributed by atoms with van der Waals surface area (Å²) in [6.07, 6.45) is -0.159. The number of benzene rings is 2. The molecular formula is C17H19N5O2S2. The van der Waals surface area contributed by atoms with E-state index in [0.717, 1.165) is 26.8 Å². The summed E-state index contributed by atoms with van der Waals surface area (Å²) in [4.78, 5) is 0. The van der Waals surface area contributed by atoms with Gasteiger partial charge in [-0.3, -0.25) is 4.72 Å². The van der Waals surface area contributed by atoms with Crippen molar-refractivity contribution in [1.29, 1.82) is 0 Å². The summed E-state index contributed by atoms with van der Waals surface area (Å²) < 4.78 is 29.9. The van der Waals surface area contributed by atoms with Crippen molar-refractivity contribution in [1.82, 2.24) is 21.9 Å². The Hall–Kier alpha value is -2.01. The highest BCUT2D eigenvalue weighted by Crippen LogP contribution is 2.35. The Morgan fingerprint density at radius 3 is 2.58 bits per heavy atom. The van der Waals surface area contributed by atoms with Crippen molar-refractivity contribution < 1.29 is 8.42 Å². The largest absolute Gasteiger partial charge is 0.279 e. The van der Waals surface area contributed by atoms with Crippen LogP contribution in [0.2, 0.25) is 0 Å². The van der Waals surface area contributed by atoms with Crippen LogP contribution in [0, 0.1) is 13.8 Å². The maximum atomic E-state index is 13.0. The zero-order valence-corrected chi connectivity index (χ0v) is 15.9. The monoisotopic (exact) mass is 389 g/mol. The van der Waals surface area contributed by atoms with Crippen LogP contribution < -0.4 is 26.6 Å². The Morgan fingerprint density at radius 2 is 1.81 bits per heavy atom. The molecule has 1 aromatic heterocycles. The van der Waals surface area contributed by atoms with Gasteiger partial charge in [0.1, 0.15) is 10.4 Å². The first-order valence-electron chi connectivity index (χ1n) is 8.08. The fraction of sp³-hybridized carbons (Fsp3) is 0.176. The number of hydrazine groups is 3. The Labute approximate surface area is 155 Å². The van der Waals surface area contributed by atoms with Crippen LogP contribution in [0.1, 0.15) is 22.9 Å². The van der Waals surface area contributed by atoms with E-state index < -0.39 is 10.0 Å². The summed E-state index contributed by atoms with van der Waals surface area (Å²) in [5, 5.41) is 0.987. The lowest BCUT2D eigenvalue weighted by molar-refractivity contribution is 0.555. The minimum Gasteiger partial charge on any atom is -0.279 e. The van der Waals surface area contributed by atoms with E-state index in [1.54, 1.807) is 12.1 Å². The van der Waals surface area contributed by atoms with Crippen LogP contribution in [0.15, 0.2) is 46.7 Å². The molecule has 1 fully saturated rings. The van der Waals surface area contributed by atoms with Crippen LogP contribution in [0.25, 0.3) is 10.1 Å². The third-order valence-electron chi connectivity index (χ3n) is 4.26. The van der Waals surface area contributed by atoms with Crippen LogP contribution in [-0.2, 0) is 10.0 Å². The van der Waals surface area contributed by atoms with Crippen LogP contribution in [-0.4, -0.2) is 8.42 Å². The first-order chi connectivity index (χ1) is 12.4. The van der Waals surface area contributed by atoms with Gasteiger partial charge in [0.2, 0.25) is 0 Å². The maximum absolute atomic E-state index is 13.0. The number of sulfonamides is 1. The van der Waals surface area contributed by atoms with Crippen LogP contribution in [0.5, 0.6) is 0 Å². The lowest BCUT2D eigenvalue weighted by atomic mass is 10.1. The van der Waals surface area contributed by atoms with Crippen molar-refractivity contribution in [3.8, 4) is 0 Å². The van der Waals surface area contributed by atoms with E-state index in [9.17, 15) is 8.42 Å². The molecule has 1 aliphatic rings. The molecule has 2 heterocycles. The van der Waals surface area contributed by atoms with Crippen molar-refractivity contribution in [3.05, 3.63) is 59.2 Å². The molecule has 4 rings (SSSR count). The summed E-state index contributed by atoms with van der Waals surface area (Å²) >= 11 is 1.29. The molecule has 2 aromatic carbocycles. The van der Waals surface area contributed by atoms with Gasteiger partial charge in [-0.25, -0.2) is 19.3 Å². The fourth-order valence-electron chi connectivity index (χ4n) is 2.97. The van der Waals surface area contributed by atoms with E-state index in [0.29, 0.717) is 9.90 Å². The SMILES string of the molecule is Cc1ccc2sc(S(=O)(=O)Nc3cccc(C4NNNN4)c3)c(C)c2c1. The van der Waals surface area contributed by atoms with Gasteiger partial charge < -0.3 is 0 Å². The molecule has 0 unspecified atom stereocenters. The van der Waals surface area contributed by atoms with Crippen LogP contribution in [0.4, 0.5) is 5.69 Å². The Morgan fingerprint density at radius 1 is 1.04 bits per heavy atom. The highest BCUT2D eigenvalue weighted by molar-refractivity contribution is 7.94. The van der Waals surface area contributed by atoms with Gasteiger partial charge in [-0.2, -0.15) is 11.1 Å². The topological polar surface area (TPSA) is 94.3 Å². The zero-order chi connectivity index (χ0) is 18.3. The van der Waals surface area contributed by atoms with E-state index >= 15 is 0 Å².